The number of amides is 2. The van der Waals surface area contributed by atoms with Crippen LogP contribution < -0.4 is 5.32 Å². The molecular formula is C19H20N2O2S. The Bertz CT molecular complexity index is 729. The number of nitrogens with one attached hydrogen (secondary N) is 1. The van der Waals surface area contributed by atoms with Crippen LogP contribution in [0.3, 0.4) is 0 Å². The largest absolute Gasteiger partial charge is 0.333 e. The summed E-state index contributed by atoms with van der Waals surface area (Å²) in [6.45, 7) is 0.000673. The van der Waals surface area contributed by atoms with Crippen LogP contribution in [0.25, 0.3) is 6.08 Å². The van der Waals surface area contributed by atoms with E-state index in [1.165, 1.54) is 11.0 Å². The summed E-state index contributed by atoms with van der Waals surface area (Å²) < 4.78 is 0. The minimum atomic E-state index is -0.222. The normalized spacial score (nSPS) is 10.6. The van der Waals surface area contributed by atoms with Gasteiger partial charge in [-0.1, -0.05) is 42.5 Å². The van der Waals surface area contributed by atoms with E-state index in [1.54, 1.807) is 24.9 Å². The highest BCUT2D eigenvalue weighted by atomic mass is 32.2. The number of likely N-dealkylation sites (N-methyl/N-ethyl adjacent to an activating group) is 1. The van der Waals surface area contributed by atoms with Crippen LogP contribution in [0, 0.1) is 0 Å². The zero-order valence-electron chi connectivity index (χ0n) is 13.7. The van der Waals surface area contributed by atoms with Gasteiger partial charge >= 0.3 is 0 Å². The minimum Gasteiger partial charge on any atom is -0.333 e. The standard InChI is InChI=1S/C19H20N2O2S/c1-21(19(23)13-12-15-8-4-3-5-9-15)14-18(22)20-16-10-6-7-11-17(16)24-2/h3-13H,14H2,1-2H3,(H,20,22). The second-order valence-corrected chi connectivity index (χ2v) is 6.03. The van der Waals surface area contributed by atoms with Crippen molar-refractivity contribution in [2.24, 2.45) is 0 Å². The van der Waals surface area contributed by atoms with E-state index in [4.69, 9.17) is 0 Å². The molecule has 2 rings (SSSR count). The van der Waals surface area contributed by atoms with Gasteiger partial charge in [0.05, 0.1) is 12.2 Å². The molecule has 0 radical (unpaired) electrons. The van der Waals surface area contributed by atoms with Gasteiger partial charge in [-0.15, -0.1) is 11.8 Å². The average molecular weight is 340 g/mol. The molecule has 2 aromatic rings. The Morgan fingerprint density at radius 2 is 1.75 bits per heavy atom. The molecule has 0 aromatic heterocycles. The fraction of sp³-hybridized carbons (Fsp3) is 0.158. The highest BCUT2D eigenvalue weighted by Gasteiger charge is 2.12. The van der Waals surface area contributed by atoms with Gasteiger partial charge < -0.3 is 10.2 Å². The predicted octanol–water partition coefficient (Wildman–Crippen LogP) is 3.52. The van der Waals surface area contributed by atoms with Crippen molar-refractivity contribution in [1.29, 1.82) is 0 Å². The number of benzene rings is 2. The van der Waals surface area contributed by atoms with Gasteiger partial charge in [0, 0.05) is 18.0 Å². The Morgan fingerprint density at radius 1 is 1.08 bits per heavy atom. The molecular weight excluding hydrogens is 320 g/mol. The first-order valence-electron chi connectivity index (χ1n) is 7.51. The van der Waals surface area contributed by atoms with Crippen LogP contribution >= 0.6 is 11.8 Å². The Hall–Kier alpha value is -2.53. The smallest absolute Gasteiger partial charge is 0.246 e. The summed E-state index contributed by atoms with van der Waals surface area (Å²) in [5.41, 5.74) is 1.70. The SMILES string of the molecule is CSc1ccccc1NC(=O)CN(C)C(=O)C=Cc1ccccc1. The zero-order chi connectivity index (χ0) is 17.4. The van der Waals surface area contributed by atoms with E-state index in [2.05, 4.69) is 5.32 Å². The second-order valence-electron chi connectivity index (χ2n) is 5.19. The van der Waals surface area contributed by atoms with Crippen LogP contribution in [0.2, 0.25) is 0 Å². The van der Waals surface area contributed by atoms with Crippen molar-refractivity contribution < 1.29 is 9.59 Å². The lowest BCUT2D eigenvalue weighted by molar-refractivity contribution is -0.129. The van der Waals surface area contributed by atoms with E-state index in [-0.39, 0.29) is 18.4 Å². The van der Waals surface area contributed by atoms with Crippen molar-refractivity contribution in [3.05, 3.63) is 66.2 Å². The van der Waals surface area contributed by atoms with Gasteiger partial charge in [-0.2, -0.15) is 0 Å². The molecule has 0 aliphatic rings. The summed E-state index contributed by atoms with van der Waals surface area (Å²) in [5, 5.41) is 2.84. The van der Waals surface area contributed by atoms with Gasteiger partial charge in [0.2, 0.25) is 11.8 Å². The molecule has 0 unspecified atom stereocenters. The van der Waals surface area contributed by atoms with Gasteiger partial charge in [0.25, 0.3) is 0 Å². The Morgan fingerprint density at radius 3 is 2.46 bits per heavy atom. The van der Waals surface area contributed by atoms with Crippen molar-refractivity contribution >= 4 is 35.3 Å². The second kappa shape index (κ2) is 8.93. The van der Waals surface area contributed by atoms with Crippen molar-refractivity contribution in [2.45, 2.75) is 4.90 Å². The first-order chi connectivity index (χ1) is 11.6. The number of thioether (sulfide) groups is 1. The molecule has 0 saturated carbocycles. The van der Waals surface area contributed by atoms with Crippen molar-refractivity contribution in [3.8, 4) is 0 Å². The van der Waals surface area contributed by atoms with Crippen LogP contribution in [0.15, 0.2) is 65.6 Å². The van der Waals surface area contributed by atoms with Crippen molar-refractivity contribution in [1.82, 2.24) is 4.90 Å². The number of anilines is 1. The van der Waals surface area contributed by atoms with Gasteiger partial charge in [0.15, 0.2) is 0 Å². The molecule has 0 heterocycles. The van der Waals surface area contributed by atoms with Crippen LogP contribution in [0.4, 0.5) is 5.69 Å². The van der Waals surface area contributed by atoms with Crippen LogP contribution in [-0.4, -0.2) is 36.6 Å². The molecule has 124 valence electrons. The predicted molar refractivity (Wildman–Crippen MR) is 100.0 cm³/mol. The lowest BCUT2D eigenvalue weighted by Crippen LogP contribution is -2.33. The first-order valence-corrected chi connectivity index (χ1v) is 8.73. The van der Waals surface area contributed by atoms with E-state index in [0.29, 0.717) is 0 Å². The van der Waals surface area contributed by atoms with Crippen LogP contribution in [-0.2, 0) is 9.59 Å². The van der Waals surface area contributed by atoms with E-state index >= 15 is 0 Å². The summed E-state index contributed by atoms with van der Waals surface area (Å²) in [4.78, 5) is 26.6. The molecule has 24 heavy (non-hydrogen) atoms. The summed E-state index contributed by atoms with van der Waals surface area (Å²) in [6.07, 6.45) is 5.16. The van der Waals surface area contributed by atoms with Gasteiger partial charge in [-0.05, 0) is 30.0 Å². The lowest BCUT2D eigenvalue weighted by atomic mass is 10.2. The van der Waals surface area contributed by atoms with Gasteiger partial charge in [0.1, 0.15) is 0 Å². The molecule has 0 aliphatic heterocycles. The molecule has 0 spiro atoms. The minimum absolute atomic E-state index is 0.000673. The fourth-order valence-electron chi connectivity index (χ4n) is 2.09. The van der Waals surface area contributed by atoms with Crippen molar-refractivity contribution in [3.63, 3.8) is 0 Å². The molecule has 4 nitrogen and oxygen atoms in total. The molecule has 5 heteroatoms. The molecule has 0 bridgehead atoms. The molecule has 2 aromatic carbocycles. The van der Waals surface area contributed by atoms with E-state index in [1.807, 2.05) is 60.9 Å². The zero-order valence-corrected chi connectivity index (χ0v) is 14.5. The summed E-state index contributed by atoms with van der Waals surface area (Å²) in [5.74, 6) is -0.437. The molecule has 0 aliphatic carbocycles. The molecule has 0 fully saturated rings. The van der Waals surface area contributed by atoms with Crippen LogP contribution in [0.1, 0.15) is 5.56 Å². The highest BCUT2D eigenvalue weighted by Crippen LogP contribution is 2.24. The van der Waals surface area contributed by atoms with Crippen LogP contribution in [0.5, 0.6) is 0 Å². The highest BCUT2D eigenvalue weighted by molar-refractivity contribution is 7.98. The number of nitrogens with zero attached hydrogens (tertiary/aromatic N) is 1. The Kier molecular flexibility index (Phi) is 6.63. The van der Waals surface area contributed by atoms with E-state index in [0.717, 1.165) is 16.1 Å². The number of rotatable bonds is 6. The molecule has 0 atom stereocenters. The van der Waals surface area contributed by atoms with E-state index < -0.39 is 0 Å². The number of para-hydroxylation sites is 1. The fourth-order valence-corrected chi connectivity index (χ4v) is 2.64. The maximum Gasteiger partial charge on any atom is 0.246 e. The Balaban J connectivity index is 1.91. The quantitative estimate of drug-likeness (QED) is 0.646. The maximum absolute atomic E-state index is 12.1. The average Bonchev–Trinajstić information content (AvgIpc) is 2.60. The van der Waals surface area contributed by atoms with Gasteiger partial charge in [-0.25, -0.2) is 0 Å². The lowest BCUT2D eigenvalue weighted by Gasteiger charge is -2.15. The Labute approximate surface area is 146 Å². The van der Waals surface area contributed by atoms with Crippen molar-refractivity contribution in [2.75, 3.05) is 25.2 Å². The summed E-state index contributed by atoms with van der Waals surface area (Å²) in [6, 6.07) is 17.1. The third-order valence-corrected chi connectivity index (χ3v) is 4.15. The monoisotopic (exact) mass is 340 g/mol. The number of carbonyl (C=O) groups excluding carboxylic acids is 2. The van der Waals surface area contributed by atoms with E-state index in [9.17, 15) is 9.59 Å². The van der Waals surface area contributed by atoms with Gasteiger partial charge in [-0.3, -0.25) is 9.59 Å². The number of hydrogen-bond acceptors (Lipinski definition) is 3. The first kappa shape index (κ1) is 17.8. The third kappa shape index (κ3) is 5.28. The third-order valence-electron chi connectivity index (χ3n) is 3.36. The summed E-state index contributed by atoms with van der Waals surface area (Å²) in [7, 11) is 1.61. The molecule has 0 saturated heterocycles. The number of hydrogen-bond donors (Lipinski definition) is 1. The topological polar surface area (TPSA) is 49.4 Å². The number of carbonyl (C=O) groups is 2. The molecule has 1 N–H and O–H groups in total. The summed E-state index contributed by atoms with van der Waals surface area (Å²) >= 11 is 1.56. The maximum atomic E-state index is 12.1. The molecule has 2 amide bonds.